The molecule has 19 heavy (non-hydrogen) atoms. The SMILES string of the molecule is CCOC(=O)C(=C(C)OCC)P(=O)(OCC)OCC. The van der Waals surface area contributed by atoms with E-state index in [1.54, 1.807) is 34.6 Å². The Morgan fingerprint density at radius 3 is 1.74 bits per heavy atom. The van der Waals surface area contributed by atoms with Crippen molar-refractivity contribution in [2.45, 2.75) is 34.6 Å². The molecule has 7 heteroatoms. The van der Waals surface area contributed by atoms with Crippen LogP contribution in [0.25, 0.3) is 0 Å². The zero-order chi connectivity index (χ0) is 14.9. The van der Waals surface area contributed by atoms with Gasteiger partial charge in [-0.05, 0) is 34.6 Å². The summed E-state index contributed by atoms with van der Waals surface area (Å²) in [6.07, 6.45) is 0. The van der Waals surface area contributed by atoms with E-state index in [2.05, 4.69) is 0 Å². The van der Waals surface area contributed by atoms with Gasteiger partial charge in [0.15, 0.2) is 5.31 Å². The molecule has 6 nitrogen and oxygen atoms in total. The van der Waals surface area contributed by atoms with Crippen molar-refractivity contribution in [1.82, 2.24) is 0 Å². The van der Waals surface area contributed by atoms with Crippen LogP contribution in [0.3, 0.4) is 0 Å². The molecule has 112 valence electrons. The number of carbonyl (C=O) groups excluding carboxylic acids is 1. The van der Waals surface area contributed by atoms with E-state index in [0.717, 1.165) is 0 Å². The molecule has 0 radical (unpaired) electrons. The molecule has 0 saturated heterocycles. The summed E-state index contributed by atoms with van der Waals surface area (Å²) in [5.74, 6) is -0.537. The number of hydrogen-bond acceptors (Lipinski definition) is 6. The van der Waals surface area contributed by atoms with Crippen LogP contribution in [0.5, 0.6) is 0 Å². The molecule has 0 aromatic heterocycles. The van der Waals surface area contributed by atoms with E-state index in [4.69, 9.17) is 18.5 Å². The number of carbonyl (C=O) groups is 1. The molecule has 0 bridgehead atoms. The van der Waals surface area contributed by atoms with Gasteiger partial charge in [-0.15, -0.1) is 0 Å². The largest absolute Gasteiger partial charge is 0.497 e. The van der Waals surface area contributed by atoms with Crippen molar-refractivity contribution in [2.75, 3.05) is 26.4 Å². The van der Waals surface area contributed by atoms with Gasteiger partial charge in [-0.2, -0.15) is 0 Å². The lowest BCUT2D eigenvalue weighted by Gasteiger charge is -2.20. The highest BCUT2D eigenvalue weighted by Gasteiger charge is 2.38. The Bertz CT molecular complexity index is 353. The summed E-state index contributed by atoms with van der Waals surface area (Å²) in [6, 6.07) is 0. The van der Waals surface area contributed by atoms with Crippen LogP contribution in [0.2, 0.25) is 0 Å². The van der Waals surface area contributed by atoms with Gasteiger partial charge in [0.2, 0.25) is 0 Å². The van der Waals surface area contributed by atoms with Gasteiger partial charge in [0, 0.05) is 0 Å². The molecule has 0 aromatic rings. The Morgan fingerprint density at radius 2 is 1.37 bits per heavy atom. The molecule has 0 rings (SSSR count). The highest BCUT2D eigenvalue weighted by Crippen LogP contribution is 2.57. The van der Waals surface area contributed by atoms with Gasteiger partial charge in [0.25, 0.3) is 0 Å². The number of rotatable bonds is 9. The first-order valence-electron chi connectivity index (χ1n) is 6.37. The topological polar surface area (TPSA) is 71.1 Å². The van der Waals surface area contributed by atoms with Crippen molar-refractivity contribution in [1.29, 1.82) is 0 Å². The first-order valence-corrected chi connectivity index (χ1v) is 7.91. The van der Waals surface area contributed by atoms with Crippen LogP contribution in [0.4, 0.5) is 0 Å². The summed E-state index contributed by atoms with van der Waals surface area (Å²) in [7, 11) is -3.72. The lowest BCUT2D eigenvalue weighted by Crippen LogP contribution is -2.14. The summed E-state index contributed by atoms with van der Waals surface area (Å²) < 4.78 is 33.1. The van der Waals surface area contributed by atoms with Crippen molar-refractivity contribution in [3.05, 3.63) is 11.1 Å². The first kappa shape index (κ1) is 18.2. The Kier molecular flexibility index (Phi) is 8.72. The molecule has 0 aliphatic carbocycles. The van der Waals surface area contributed by atoms with Gasteiger partial charge in [0.1, 0.15) is 5.76 Å². The van der Waals surface area contributed by atoms with Gasteiger partial charge in [-0.1, -0.05) is 0 Å². The third kappa shape index (κ3) is 5.35. The minimum atomic E-state index is -3.72. The van der Waals surface area contributed by atoms with Crippen LogP contribution >= 0.6 is 7.60 Å². The zero-order valence-corrected chi connectivity index (χ0v) is 13.1. The molecule has 0 aliphatic rings. The highest BCUT2D eigenvalue weighted by molar-refractivity contribution is 7.60. The van der Waals surface area contributed by atoms with Gasteiger partial charge < -0.3 is 18.5 Å². The Morgan fingerprint density at radius 1 is 0.895 bits per heavy atom. The molecular formula is C12H23O6P. The molecule has 0 unspecified atom stereocenters. The summed E-state index contributed by atoms with van der Waals surface area (Å²) in [5, 5.41) is -0.167. The van der Waals surface area contributed by atoms with Crippen molar-refractivity contribution >= 4 is 13.6 Å². The second-order valence-electron chi connectivity index (χ2n) is 3.39. The molecule has 0 aliphatic heterocycles. The van der Waals surface area contributed by atoms with Crippen LogP contribution in [-0.4, -0.2) is 32.4 Å². The second-order valence-corrected chi connectivity index (χ2v) is 5.35. The van der Waals surface area contributed by atoms with Crippen molar-refractivity contribution in [2.24, 2.45) is 0 Å². The average molecular weight is 294 g/mol. The maximum absolute atomic E-state index is 12.7. The van der Waals surface area contributed by atoms with Crippen molar-refractivity contribution in [3.8, 4) is 0 Å². The summed E-state index contributed by atoms with van der Waals surface area (Å²) in [6.45, 7) is 9.12. The minimum absolute atomic E-state index is 0.152. The number of esters is 1. The molecular weight excluding hydrogens is 271 g/mol. The lowest BCUT2D eigenvalue weighted by atomic mass is 10.4. The van der Waals surface area contributed by atoms with Crippen molar-refractivity contribution < 1.29 is 27.9 Å². The van der Waals surface area contributed by atoms with Crippen LogP contribution < -0.4 is 0 Å². The van der Waals surface area contributed by atoms with Gasteiger partial charge >= 0.3 is 13.6 Å². The fraction of sp³-hybridized carbons (Fsp3) is 0.750. The first-order chi connectivity index (χ1) is 8.96. The van der Waals surface area contributed by atoms with E-state index in [1.807, 2.05) is 0 Å². The fourth-order valence-corrected chi connectivity index (χ4v) is 3.19. The second kappa shape index (κ2) is 9.13. The van der Waals surface area contributed by atoms with Crippen LogP contribution in [0.1, 0.15) is 34.6 Å². The minimum Gasteiger partial charge on any atom is -0.497 e. The maximum atomic E-state index is 12.7. The fourth-order valence-electron chi connectivity index (χ4n) is 1.44. The van der Waals surface area contributed by atoms with E-state index in [9.17, 15) is 9.36 Å². The number of ether oxygens (including phenoxy) is 2. The quantitative estimate of drug-likeness (QED) is 0.282. The smallest absolute Gasteiger partial charge is 0.372 e. The van der Waals surface area contributed by atoms with Gasteiger partial charge in [-0.3, -0.25) is 4.57 Å². The lowest BCUT2D eigenvalue weighted by molar-refractivity contribution is -0.138. The maximum Gasteiger partial charge on any atom is 0.372 e. The highest BCUT2D eigenvalue weighted by atomic mass is 31.2. The molecule has 0 N–H and O–H groups in total. The zero-order valence-electron chi connectivity index (χ0n) is 12.2. The Labute approximate surface area is 114 Å². The Hall–Kier alpha value is -0.840. The third-order valence-corrected chi connectivity index (χ3v) is 4.28. The number of allylic oxidation sites excluding steroid dienone is 1. The van der Waals surface area contributed by atoms with Crippen LogP contribution in [-0.2, 0) is 27.9 Å². The number of hydrogen-bond donors (Lipinski definition) is 0. The molecule has 0 aromatic carbocycles. The molecule has 0 atom stereocenters. The normalized spacial score (nSPS) is 12.9. The predicted octanol–water partition coefficient (Wildman–Crippen LogP) is 3.08. The van der Waals surface area contributed by atoms with Gasteiger partial charge in [0.05, 0.1) is 26.4 Å². The van der Waals surface area contributed by atoms with E-state index in [0.29, 0.717) is 6.61 Å². The molecule has 0 fully saturated rings. The third-order valence-electron chi connectivity index (χ3n) is 2.04. The summed E-state index contributed by atoms with van der Waals surface area (Å²) in [4.78, 5) is 12.0. The Balaban J connectivity index is 5.59. The van der Waals surface area contributed by atoms with Gasteiger partial charge in [-0.25, -0.2) is 4.79 Å². The molecule has 0 saturated carbocycles. The summed E-state index contributed by atoms with van der Waals surface area (Å²) in [5.41, 5.74) is 0. The van der Waals surface area contributed by atoms with E-state index in [-0.39, 0.29) is 30.9 Å². The monoisotopic (exact) mass is 294 g/mol. The molecule has 0 heterocycles. The molecule has 0 amide bonds. The standard InChI is InChI=1S/C12H23O6P/c1-6-15-10(5)11(12(13)16-7-2)19(14,17-8-3)18-9-4/h6-9H2,1-5H3. The van der Waals surface area contributed by atoms with E-state index >= 15 is 0 Å². The van der Waals surface area contributed by atoms with E-state index < -0.39 is 13.6 Å². The molecule has 0 spiro atoms. The van der Waals surface area contributed by atoms with Crippen LogP contribution in [0, 0.1) is 0 Å². The summed E-state index contributed by atoms with van der Waals surface area (Å²) >= 11 is 0. The predicted molar refractivity (Wildman–Crippen MR) is 71.8 cm³/mol. The average Bonchev–Trinajstić information content (AvgIpc) is 2.30. The van der Waals surface area contributed by atoms with Crippen molar-refractivity contribution in [3.63, 3.8) is 0 Å². The van der Waals surface area contributed by atoms with E-state index in [1.165, 1.54) is 0 Å². The van der Waals surface area contributed by atoms with Crippen LogP contribution in [0.15, 0.2) is 11.1 Å².